The Morgan fingerprint density at radius 2 is 1.62 bits per heavy atom. The fraction of sp³-hybridized carbons (Fsp3) is 0. The van der Waals surface area contributed by atoms with Crippen molar-refractivity contribution in [3.63, 3.8) is 0 Å². The van der Waals surface area contributed by atoms with Crippen LogP contribution in [-0.4, -0.2) is 16.9 Å². The van der Waals surface area contributed by atoms with Gasteiger partial charge in [0.1, 0.15) is 0 Å². The number of nitrogens with one attached hydrogen (secondary N) is 1. The van der Waals surface area contributed by atoms with Gasteiger partial charge in [0.15, 0.2) is 0 Å². The first-order valence-electron chi connectivity index (χ1n) is 4.72. The molecule has 0 amide bonds. The Kier molecular flexibility index (Phi) is 2.82. The van der Waals surface area contributed by atoms with Gasteiger partial charge >= 0.3 is 11.9 Å². The number of hydrogen-bond acceptors (Lipinski definition) is 3. The highest BCUT2D eigenvalue weighted by molar-refractivity contribution is 6.02. The van der Waals surface area contributed by atoms with Crippen LogP contribution >= 0.6 is 0 Å². The summed E-state index contributed by atoms with van der Waals surface area (Å²) in [6.45, 7) is 0. The van der Waals surface area contributed by atoms with Crippen molar-refractivity contribution in [2.75, 3.05) is 0 Å². The molecule has 1 aromatic heterocycles. The molecule has 0 aliphatic carbocycles. The maximum Gasteiger partial charge on any atom is 0.347 e. The number of rotatable bonds is 2. The summed E-state index contributed by atoms with van der Waals surface area (Å²) in [5.41, 5.74) is 0.677. The van der Waals surface area contributed by atoms with Crippen LogP contribution in [0.2, 0.25) is 0 Å². The van der Waals surface area contributed by atoms with Crippen molar-refractivity contribution in [1.29, 1.82) is 0 Å². The summed E-state index contributed by atoms with van der Waals surface area (Å²) in [5, 5.41) is 0. The predicted molar refractivity (Wildman–Crippen MR) is 57.0 cm³/mol. The molecule has 1 N–H and O–H groups in total. The van der Waals surface area contributed by atoms with Crippen molar-refractivity contribution >= 4 is 11.9 Å². The first-order valence-corrected chi connectivity index (χ1v) is 4.72. The van der Waals surface area contributed by atoms with Crippen LogP contribution in [0, 0.1) is 0 Å². The van der Waals surface area contributed by atoms with Gasteiger partial charge in [-0.2, -0.15) is 0 Å². The Morgan fingerprint density at radius 1 is 0.938 bits per heavy atom. The van der Waals surface area contributed by atoms with E-state index in [9.17, 15) is 9.59 Å². The molecule has 4 nitrogen and oxygen atoms in total. The number of aromatic nitrogens is 1. The normalized spacial score (nSPS) is 9.75. The summed E-state index contributed by atoms with van der Waals surface area (Å²) >= 11 is 0. The second-order valence-electron chi connectivity index (χ2n) is 3.14. The van der Waals surface area contributed by atoms with Gasteiger partial charge in [-0.05, 0) is 18.2 Å². The van der Waals surface area contributed by atoms with Crippen molar-refractivity contribution in [3.05, 3.63) is 59.9 Å². The standard InChI is InChI=1S/C12H9NO3/c14-11(9-4-2-1-3-5-9)16-12(15)10-6-7-13-8-10/h1-8,13H. The molecular weight excluding hydrogens is 206 g/mol. The highest BCUT2D eigenvalue weighted by atomic mass is 16.6. The van der Waals surface area contributed by atoms with Gasteiger partial charge in [0.2, 0.25) is 0 Å². The number of carbonyl (C=O) groups excluding carboxylic acids is 2. The molecule has 4 heteroatoms. The Morgan fingerprint density at radius 3 is 2.25 bits per heavy atom. The molecule has 2 aromatic rings. The van der Waals surface area contributed by atoms with Gasteiger partial charge < -0.3 is 9.72 Å². The summed E-state index contributed by atoms with van der Waals surface area (Å²) in [4.78, 5) is 25.6. The third-order valence-electron chi connectivity index (χ3n) is 2.03. The highest BCUT2D eigenvalue weighted by Gasteiger charge is 2.14. The van der Waals surface area contributed by atoms with E-state index in [1.54, 1.807) is 42.6 Å². The maximum atomic E-state index is 11.5. The van der Waals surface area contributed by atoms with Gasteiger partial charge in [-0.25, -0.2) is 9.59 Å². The van der Waals surface area contributed by atoms with Crippen LogP contribution in [0.3, 0.4) is 0 Å². The average Bonchev–Trinajstić information content (AvgIpc) is 2.83. The summed E-state index contributed by atoms with van der Waals surface area (Å²) in [6.07, 6.45) is 3.06. The zero-order chi connectivity index (χ0) is 11.4. The van der Waals surface area contributed by atoms with Crippen molar-refractivity contribution in [3.8, 4) is 0 Å². The molecule has 2 rings (SSSR count). The summed E-state index contributed by atoms with van der Waals surface area (Å²) in [7, 11) is 0. The number of esters is 2. The smallest absolute Gasteiger partial charge is 0.347 e. The SMILES string of the molecule is O=C(OC(=O)c1cc[nH]c1)c1ccccc1. The lowest BCUT2D eigenvalue weighted by Crippen LogP contribution is -2.12. The lowest BCUT2D eigenvalue weighted by Gasteiger charge is -2.00. The summed E-state index contributed by atoms with van der Waals surface area (Å²) in [6, 6.07) is 9.92. The third-order valence-corrected chi connectivity index (χ3v) is 2.03. The third kappa shape index (κ3) is 2.17. The first-order chi connectivity index (χ1) is 7.77. The van der Waals surface area contributed by atoms with Gasteiger partial charge in [0.05, 0.1) is 11.1 Å². The van der Waals surface area contributed by atoms with E-state index in [4.69, 9.17) is 0 Å². The number of aromatic amines is 1. The van der Waals surface area contributed by atoms with Crippen molar-refractivity contribution in [2.24, 2.45) is 0 Å². The number of H-pyrrole nitrogens is 1. The molecule has 0 unspecified atom stereocenters. The molecular formula is C12H9NO3. The van der Waals surface area contributed by atoms with Crippen molar-refractivity contribution in [1.82, 2.24) is 4.98 Å². The van der Waals surface area contributed by atoms with Gasteiger partial charge in [0, 0.05) is 12.4 Å². The number of hydrogen-bond donors (Lipinski definition) is 1. The number of ether oxygens (including phenoxy) is 1. The van der Waals surface area contributed by atoms with Crippen LogP contribution < -0.4 is 0 Å². The van der Waals surface area contributed by atoms with E-state index in [1.807, 2.05) is 0 Å². The summed E-state index contributed by atoms with van der Waals surface area (Å²) < 4.78 is 4.68. The minimum Gasteiger partial charge on any atom is -0.386 e. The predicted octanol–water partition coefficient (Wildman–Crippen LogP) is 2.01. The molecule has 1 heterocycles. The van der Waals surface area contributed by atoms with E-state index in [0.29, 0.717) is 11.1 Å². The van der Waals surface area contributed by atoms with E-state index < -0.39 is 11.9 Å². The Balaban J connectivity index is 2.06. The number of benzene rings is 1. The van der Waals surface area contributed by atoms with Crippen LogP contribution in [0.15, 0.2) is 48.8 Å². The lowest BCUT2D eigenvalue weighted by atomic mass is 10.2. The summed E-state index contributed by atoms with van der Waals surface area (Å²) in [5.74, 6) is -1.30. The molecule has 0 bridgehead atoms. The zero-order valence-corrected chi connectivity index (χ0v) is 8.34. The molecule has 80 valence electrons. The Labute approximate surface area is 91.9 Å². The van der Waals surface area contributed by atoms with Crippen LogP contribution in [0.25, 0.3) is 0 Å². The van der Waals surface area contributed by atoms with Gasteiger partial charge in [0.25, 0.3) is 0 Å². The molecule has 0 spiro atoms. The van der Waals surface area contributed by atoms with Crippen LogP contribution in [0.5, 0.6) is 0 Å². The molecule has 0 aliphatic heterocycles. The number of carbonyl (C=O) groups is 2. The van der Waals surface area contributed by atoms with E-state index in [2.05, 4.69) is 9.72 Å². The maximum absolute atomic E-state index is 11.5. The quantitative estimate of drug-likeness (QED) is 0.615. The molecule has 0 fully saturated rings. The average molecular weight is 215 g/mol. The molecule has 0 aliphatic rings. The van der Waals surface area contributed by atoms with Crippen LogP contribution in [-0.2, 0) is 4.74 Å². The monoisotopic (exact) mass is 215 g/mol. The van der Waals surface area contributed by atoms with Crippen molar-refractivity contribution < 1.29 is 14.3 Å². The fourth-order valence-electron chi connectivity index (χ4n) is 1.23. The van der Waals surface area contributed by atoms with Gasteiger partial charge in [-0.3, -0.25) is 0 Å². The lowest BCUT2D eigenvalue weighted by molar-refractivity contribution is 0.0398. The molecule has 0 saturated heterocycles. The van der Waals surface area contributed by atoms with E-state index in [0.717, 1.165) is 0 Å². The van der Waals surface area contributed by atoms with Gasteiger partial charge in [-0.1, -0.05) is 18.2 Å². The Hall–Kier alpha value is -2.36. The van der Waals surface area contributed by atoms with E-state index in [1.165, 1.54) is 6.20 Å². The van der Waals surface area contributed by atoms with Crippen LogP contribution in [0.4, 0.5) is 0 Å². The fourth-order valence-corrected chi connectivity index (χ4v) is 1.23. The highest BCUT2D eigenvalue weighted by Crippen LogP contribution is 2.05. The topological polar surface area (TPSA) is 59.2 Å². The minimum atomic E-state index is -0.657. The first kappa shape index (κ1) is 10.2. The van der Waals surface area contributed by atoms with Crippen molar-refractivity contribution in [2.45, 2.75) is 0 Å². The second kappa shape index (κ2) is 4.44. The molecule has 0 saturated carbocycles. The van der Waals surface area contributed by atoms with E-state index >= 15 is 0 Å². The van der Waals surface area contributed by atoms with Gasteiger partial charge in [-0.15, -0.1) is 0 Å². The molecule has 0 radical (unpaired) electrons. The molecule has 1 aromatic carbocycles. The van der Waals surface area contributed by atoms with Crippen LogP contribution in [0.1, 0.15) is 20.7 Å². The molecule has 16 heavy (non-hydrogen) atoms. The Bertz CT molecular complexity index is 488. The zero-order valence-electron chi connectivity index (χ0n) is 8.34. The van der Waals surface area contributed by atoms with E-state index in [-0.39, 0.29) is 0 Å². The minimum absolute atomic E-state index is 0.323. The largest absolute Gasteiger partial charge is 0.386 e. The molecule has 0 atom stereocenters. The second-order valence-corrected chi connectivity index (χ2v) is 3.14.